The first-order valence-electron chi connectivity index (χ1n) is 8.28. The van der Waals surface area contributed by atoms with Crippen molar-refractivity contribution in [2.75, 3.05) is 16.8 Å². The Kier molecular flexibility index (Phi) is 5.03. The summed E-state index contributed by atoms with van der Waals surface area (Å²) in [6.45, 7) is 2.11. The molecule has 1 unspecified atom stereocenters. The Morgan fingerprint density at radius 1 is 1.20 bits per heavy atom. The largest absolute Gasteiger partial charge is 0.348 e. The summed E-state index contributed by atoms with van der Waals surface area (Å²) in [5.41, 5.74) is 2.61. The molecule has 1 aliphatic rings. The van der Waals surface area contributed by atoms with Gasteiger partial charge in [-0.15, -0.1) is 0 Å². The number of carbonyl (C=O) groups is 1. The average molecular weight is 359 g/mol. The number of sulfone groups is 1. The summed E-state index contributed by atoms with van der Waals surface area (Å²) in [6.07, 6.45) is 2.95. The molecule has 1 aliphatic heterocycles. The third-order valence-electron chi connectivity index (χ3n) is 4.23. The van der Waals surface area contributed by atoms with Gasteiger partial charge in [-0.2, -0.15) is 0 Å². The van der Waals surface area contributed by atoms with Crippen LogP contribution in [0.5, 0.6) is 0 Å². The van der Waals surface area contributed by atoms with Crippen LogP contribution in [0, 0.1) is 0 Å². The van der Waals surface area contributed by atoms with Crippen LogP contribution in [0.25, 0.3) is 0 Å². The third-order valence-corrected chi connectivity index (χ3v) is 6.00. The smallest absolute Gasteiger partial charge is 0.253 e. The monoisotopic (exact) mass is 359 g/mol. The van der Waals surface area contributed by atoms with Gasteiger partial charge in [0.2, 0.25) is 0 Å². The zero-order valence-corrected chi connectivity index (χ0v) is 14.8. The predicted octanol–water partition coefficient (Wildman–Crippen LogP) is 2.30. The molecule has 0 spiro atoms. The van der Waals surface area contributed by atoms with Crippen LogP contribution in [0.3, 0.4) is 0 Å². The molecule has 2 aromatic rings. The summed E-state index contributed by atoms with van der Waals surface area (Å²) in [7, 11) is -3.01. The van der Waals surface area contributed by atoms with Gasteiger partial charge in [-0.1, -0.05) is 19.1 Å². The van der Waals surface area contributed by atoms with Crippen molar-refractivity contribution in [3.63, 3.8) is 0 Å². The van der Waals surface area contributed by atoms with E-state index in [1.165, 1.54) is 11.8 Å². The molecule has 0 radical (unpaired) electrons. The van der Waals surface area contributed by atoms with E-state index in [1.54, 1.807) is 12.1 Å². The number of nitrogens with zero attached hydrogens (tertiary/aromatic N) is 1. The van der Waals surface area contributed by atoms with Gasteiger partial charge < -0.3 is 10.6 Å². The number of aromatic nitrogens is 1. The van der Waals surface area contributed by atoms with Gasteiger partial charge in [-0.25, -0.2) is 13.4 Å². The molecule has 1 fully saturated rings. The van der Waals surface area contributed by atoms with Gasteiger partial charge in [0, 0.05) is 17.9 Å². The zero-order chi connectivity index (χ0) is 17.9. The highest BCUT2D eigenvalue weighted by atomic mass is 32.2. The van der Waals surface area contributed by atoms with Crippen molar-refractivity contribution in [3.05, 3.63) is 53.7 Å². The van der Waals surface area contributed by atoms with Crippen LogP contribution in [-0.2, 0) is 16.3 Å². The number of carbonyl (C=O) groups excluding carboxylic acids is 1. The zero-order valence-electron chi connectivity index (χ0n) is 14.0. The van der Waals surface area contributed by atoms with E-state index in [0.717, 1.165) is 12.1 Å². The number of nitrogens with one attached hydrogen (secondary N) is 2. The van der Waals surface area contributed by atoms with Crippen molar-refractivity contribution in [1.29, 1.82) is 0 Å². The van der Waals surface area contributed by atoms with E-state index in [-0.39, 0.29) is 23.5 Å². The van der Waals surface area contributed by atoms with Crippen LogP contribution in [0.1, 0.15) is 29.3 Å². The SMILES string of the molecule is CCc1ccc(Nc2ccc(C(=O)NC3CCS(=O)(=O)C3)cn2)cc1. The first-order valence-corrected chi connectivity index (χ1v) is 10.1. The maximum Gasteiger partial charge on any atom is 0.253 e. The second-order valence-corrected chi connectivity index (χ2v) is 8.41. The molecule has 3 rings (SSSR count). The molecule has 2 N–H and O–H groups in total. The summed E-state index contributed by atoms with van der Waals surface area (Å²) in [6, 6.07) is 11.2. The Labute approximate surface area is 147 Å². The fraction of sp³-hybridized carbons (Fsp3) is 0.333. The number of rotatable bonds is 5. The summed E-state index contributed by atoms with van der Waals surface area (Å²) < 4.78 is 22.9. The van der Waals surface area contributed by atoms with Crippen molar-refractivity contribution >= 4 is 27.2 Å². The molecule has 132 valence electrons. The van der Waals surface area contributed by atoms with Crippen molar-refractivity contribution in [1.82, 2.24) is 10.3 Å². The summed E-state index contributed by atoms with van der Waals surface area (Å²) in [5, 5.41) is 5.94. The summed E-state index contributed by atoms with van der Waals surface area (Å²) >= 11 is 0. The minimum absolute atomic E-state index is 0.0135. The Morgan fingerprint density at radius 3 is 2.52 bits per heavy atom. The maximum atomic E-state index is 12.2. The molecule has 6 nitrogen and oxygen atoms in total. The van der Waals surface area contributed by atoms with Gasteiger partial charge in [-0.3, -0.25) is 4.79 Å². The lowest BCUT2D eigenvalue weighted by Crippen LogP contribution is -2.35. The van der Waals surface area contributed by atoms with Gasteiger partial charge in [0.05, 0.1) is 17.1 Å². The Balaban J connectivity index is 1.60. The number of aryl methyl sites for hydroxylation is 1. The topological polar surface area (TPSA) is 88.2 Å². The highest BCUT2D eigenvalue weighted by Crippen LogP contribution is 2.16. The molecule has 1 saturated heterocycles. The molecular formula is C18H21N3O3S. The summed E-state index contributed by atoms with van der Waals surface area (Å²) in [5.74, 6) is 0.493. The lowest BCUT2D eigenvalue weighted by Gasteiger charge is -2.11. The van der Waals surface area contributed by atoms with Gasteiger partial charge in [0.1, 0.15) is 5.82 Å². The second-order valence-electron chi connectivity index (χ2n) is 6.18. The Morgan fingerprint density at radius 2 is 1.96 bits per heavy atom. The lowest BCUT2D eigenvalue weighted by atomic mass is 10.1. The van der Waals surface area contributed by atoms with E-state index in [0.29, 0.717) is 17.8 Å². The van der Waals surface area contributed by atoms with Crippen LogP contribution in [0.2, 0.25) is 0 Å². The average Bonchev–Trinajstić information content (AvgIpc) is 2.94. The highest BCUT2D eigenvalue weighted by Gasteiger charge is 2.29. The molecule has 25 heavy (non-hydrogen) atoms. The van der Waals surface area contributed by atoms with Crippen LogP contribution in [0.15, 0.2) is 42.6 Å². The number of hydrogen-bond donors (Lipinski definition) is 2. The van der Waals surface area contributed by atoms with Crippen LogP contribution >= 0.6 is 0 Å². The van der Waals surface area contributed by atoms with Crippen LogP contribution in [-0.4, -0.2) is 36.9 Å². The molecule has 1 amide bonds. The Hall–Kier alpha value is -2.41. The molecule has 1 aromatic heterocycles. The standard InChI is InChI=1S/C18H21N3O3S/c1-2-13-3-6-15(7-4-13)20-17-8-5-14(11-19-17)18(22)21-16-9-10-25(23,24)12-16/h3-8,11,16H,2,9-10,12H2,1H3,(H,19,20)(H,21,22). The second kappa shape index (κ2) is 7.23. The van der Waals surface area contributed by atoms with E-state index in [2.05, 4.69) is 34.7 Å². The molecule has 7 heteroatoms. The van der Waals surface area contributed by atoms with Crippen molar-refractivity contribution in [3.8, 4) is 0 Å². The van der Waals surface area contributed by atoms with Gasteiger partial charge in [0.15, 0.2) is 9.84 Å². The number of anilines is 2. The fourth-order valence-electron chi connectivity index (χ4n) is 2.75. The van der Waals surface area contributed by atoms with E-state index in [9.17, 15) is 13.2 Å². The number of pyridine rings is 1. The lowest BCUT2D eigenvalue weighted by molar-refractivity contribution is 0.0941. The normalized spacial score (nSPS) is 18.7. The predicted molar refractivity (Wildman–Crippen MR) is 97.9 cm³/mol. The van der Waals surface area contributed by atoms with Crippen LogP contribution in [0.4, 0.5) is 11.5 Å². The van der Waals surface area contributed by atoms with E-state index in [1.807, 2.05) is 12.1 Å². The minimum atomic E-state index is -3.01. The van der Waals surface area contributed by atoms with E-state index < -0.39 is 9.84 Å². The summed E-state index contributed by atoms with van der Waals surface area (Å²) in [4.78, 5) is 16.4. The van der Waals surface area contributed by atoms with E-state index in [4.69, 9.17) is 0 Å². The quantitative estimate of drug-likeness (QED) is 0.855. The highest BCUT2D eigenvalue weighted by molar-refractivity contribution is 7.91. The van der Waals surface area contributed by atoms with Crippen molar-refractivity contribution < 1.29 is 13.2 Å². The molecule has 2 heterocycles. The number of amides is 1. The first-order chi connectivity index (χ1) is 11.9. The first kappa shape index (κ1) is 17.4. The van der Waals surface area contributed by atoms with Gasteiger partial charge in [-0.05, 0) is 42.7 Å². The number of hydrogen-bond acceptors (Lipinski definition) is 5. The fourth-order valence-corrected chi connectivity index (χ4v) is 4.42. The van der Waals surface area contributed by atoms with E-state index >= 15 is 0 Å². The molecule has 1 atom stereocenters. The molecule has 0 saturated carbocycles. The molecule has 0 aliphatic carbocycles. The van der Waals surface area contributed by atoms with Gasteiger partial charge >= 0.3 is 0 Å². The Bertz CT molecular complexity index is 846. The minimum Gasteiger partial charge on any atom is -0.348 e. The third kappa shape index (κ3) is 4.57. The number of benzene rings is 1. The van der Waals surface area contributed by atoms with Gasteiger partial charge in [0.25, 0.3) is 5.91 Å². The molecule has 1 aromatic carbocycles. The molecule has 0 bridgehead atoms. The maximum absolute atomic E-state index is 12.2. The van der Waals surface area contributed by atoms with Crippen LogP contribution < -0.4 is 10.6 Å². The molecular weight excluding hydrogens is 338 g/mol. The van der Waals surface area contributed by atoms with Crippen molar-refractivity contribution in [2.45, 2.75) is 25.8 Å². The van der Waals surface area contributed by atoms with Crippen molar-refractivity contribution in [2.24, 2.45) is 0 Å².